The van der Waals surface area contributed by atoms with Crippen LogP contribution in [0.25, 0.3) is 0 Å². The first-order valence-corrected chi connectivity index (χ1v) is 5.61. The zero-order valence-electron chi connectivity index (χ0n) is 7.83. The average Bonchev–Trinajstić information content (AvgIpc) is 2.42. The van der Waals surface area contributed by atoms with E-state index in [0.29, 0.717) is 0 Å². The van der Waals surface area contributed by atoms with Gasteiger partial charge in [0.2, 0.25) is 0 Å². The molecule has 1 saturated heterocycles. The summed E-state index contributed by atoms with van der Waals surface area (Å²) in [5.74, 6) is 0. The molecule has 0 aromatic heterocycles. The van der Waals surface area contributed by atoms with E-state index in [9.17, 15) is 23.7 Å². The lowest BCUT2D eigenvalue weighted by atomic mass is 10.1. The van der Waals surface area contributed by atoms with E-state index in [2.05, 4.69) is 4.74 Å². The predicted octanol–water partition coefficient (Wildman–Crippen LogP) is -4.01. The lowest BCUT2D eigenvalue weighted by Gasteiger charge is -2.22. The fourth-order valence-corrected chi connectivity index (χ4v) is 2.03. The molecule has 0 spiro atoms. The molecule has 1 fully saturated rings. The van der Waals surface area contributed by atoms with Gasteiger partial charge in [-0.05, 0) is 0 Å². The third-order valence-electron chi connectivity index (χ3n) is 2.27. The van der Waals surface area contributed by atoms with Crippen molar-refractivity contribution in [2.45, 2.75) is 29.5 Å². The summed E-state index contributed by atoms with van der Waals surface area (Å²) >= 11 is 0. The van der Waals surface area contributed by atoms with Gasteiger partial charge in [-0.15, -0.1) is 0 Å². The Morgan fingerprint density at radius 1 is 1.38 bits per heavy atom. The predicted molar refractivity (Wildman–Crippen MR) is 46.5 cm³/mol. The summed E-state index contributed by atoms with van der Waals surface area (Å²) in [7, 11) is -5.23. The van der Waals surface area contributed by atoms with Gasteiger partial charge < -0.3 is 30.3 Å². The van der Waals surface area contributed by atoms with Gasteiger partial charge in [-0.2, -0.15) is 8.42 Å². The Labute approximate surface area is 90.3 Å². The first-order chi connectivity index (χ1) is 7.15. The van der Waals surface area contributed by atoms with Crippen LogP contribution in [-0.2, 0) is 14.9 Å². The van der Waals surface area contributed by atoms with Crippen LogP contribution in [0.1, 0.15) is 0 Å². The van der Waals surface area contributed by atoms with Gasteiger partial charge in [0.15, 0.2) is 6.10 Å². The molecule has 0 saturated carbocycles. The number of hydrogen-bond acceptors (Lipinski definition) is 8. The number of ether oxygens (including phenoxy) is 1. The van der Waals surface area contributed by atoms with Gasteiger partial charge in [-0.25, -0.2) is 0 Å². The van der Waals surface area contributed by atoms with E-state index in [1.54, 1.807) is 0 Å². The molecule has 1 aliphatic rings. The van der Waals surface area contributed by atoms with Crippen LogP contribution < -0.4 is 0 Å². The summed E-state index contributed by atoms with van der Waals surface area (Å²) < 4.78 is 34.4. The van der Waals surface area contributed by atoms with Crippen molar-refractivity contribution in [3.05, 3.63) is 0 Å². The Morgan fingerprint density at radius 2 is 1.88 bits per heavy atom. The van der Waals surface area contributed by atoms with Crippen LogP contribution >= 0.6 is 0 Å². The Bertz CT molecular complexity index is 353. The lowest BCUT2D eigenvalue weighted by molar-refractivity contribution is -0.184. The molecule has 1 aliphatic heterocycles. The maximum atomic E-state index is 10.7. The van der Waals surface area contributed by atoms with E-state index in [0.717, 1.165) is 0 Å². The Balaban J connectivity index is 3.05. The van der Waals surface area contributed by atoms with Gasteiger partial charge in [0.05, 0.1) is 6.61 Å². The third-order valence-corrected chi connectivity index (χ3v) is 3.35. The molecule has 9 nitrogen and oxygen atoms in total. The molecule has 10 heteroatoms. The van der Waals surface area contributed by atoms with Crippen molar-refractivity contribution in [3.8, 4) is 0 Å². The van der Waals surface area contributed by atoms with Crippen LogP contribution in [0.4, 0.5) is 0 Å². The fraction of sp³-hybridized carbons (Fsp3) is 1.00. The van der Waals surface area contributed by atoms with Gasteiger partial charge >= 0.3 is 15.2 Å². The second-order valence-electron chi connectivity index (χ2n) is 3.37. The van der Waals surface area contributed by atoms with Crippen molar-refractivity contribution in [2.24, 2.45) is 0 Å². The highest BCUT2D eigenvalue weighted by atomic mass is 32.2. The van der Waals surface area contributed by atoms with Crippen molar-refractivity contribution in [2.75, 3.05) is 6.61 Å². The molecule has 16 heavy (non-hydrogen) atoms. The summed E-state index contributed by atoms with van der Waals surface area (Å²) in [6, 6.07) is 0. The number of hydrogen-bond donors (Lipinski definition) is 6. The molecule has 1 rings (SSSR count). The highest BCUT2D eigenvalue weighted by Crippen LogP contribution is 2.34. The van der Waals surface area contributed by atoms with Crippen molar-refractivity contribution < 1.29 is 43.2 Å². The summed E-state index contributed by atoms with van der Waals surface area (Å²) in [4.78, 5) is 0. The summed E-state index contributed by atoms with van der Waals surface area (Å²) in [6.45, 7) is -0.893. The van der Waals surface area contributed by atoms with Crippen molar-refractivity contribution >= 4 is 10.1 Å². The second kappa shape index (κ2) is 4.16. The third kappa shape index (κ3) is 1.94. The number of rotatable bonds is 3. The first kappa shape index (κ1) is 13.7. The molecule has 96 valence electrons. The summed E-state index contributed by atoms with van der Waals surface area (Å²) in [5, 5.41) is 42.0. The van der Waals surface area contributed by atoms with Crippen molar-refractivity contribution in [3.63, 3.8) is 0 Å². The van der Waals surface area contributed by atoms with E-state index in [4.69, 9.17) is 14.8 Å². The molecular weight excluding hydrogens is 248 g/mol. The van der Waals surface area contributed by atoms with Gasteiger partial charge in [0.1, 0.15) is 18.3 Å². The topological polar surface area (TPSA) is 165 Å². The van der Waals surface area contributed by atoms with Crippen LogP contribution in [0.3, 0.4) is 0 Å². The average molecular weight is 260 g/mol. The quantitative estimate of drug-likeness (QED) is 0.277. The van der Waals surface area contributed by atoms with E-state index in [-0.39, 0.29) is 0 Å². The SMILES string of the molecule is O=S(=O)(O)[C@@]1(O)O[C@@H]([C@H](O)CO)[C@H](O)[C@H]1O. The monoisotopic (exact) mass is 260 g/mol. The fourth-order valence-electron chi connectivity index (χ4n) is 1.35. The molecule has 0 unspecified atom stereocenters. The molecule has 0 radical (unpaired) electrons. The van der Waals surface area contributed by atoms with Crippen molar-refractivity contribution in [1.82, 2.24) is 0 Å². The first-order valence-electron chi connectivity index (χ1n) is 4.17. The molecule has 0 aromatic carbocycles. The Hall–Kier alpha value is -0.330. The van der Waals surface area contributed by atoms with Gasteiger partial charge in [0, 0.05) is 0 Å². The van der Waals surface area contributed by atoms with Crippen LogP contribution in [-0.4, -0.2) is 74.6 Å². The zero-order chi connectivity index (χ0) is 12.7. The Kier molecular flexibility index (Phi) is 3.57. The van der Waals surface area contributed by atoms with Gasteiger partial charge in [0.25, 0.3) is 0 Å². The normalized spacial score (nSPS) is 42.2. The van der Waals surface area contributed by atoms with E-state index in [1.165, 1.54) is 0 Å². The second-order valence-corrected chi connectivity index (χ2v) is 4.91. The molecule has 0 amide bonds. The standard InChI is InChI=1S/C6H12O9S/c7-1-2(8)4-3(9)5(10)6(11,15-4)16(12,13)14/h2-5,7-11H,1H2,(H,12,13,14)/t2-,3+,4+,5-,6+/m1/s1. The van der Waals surface area contributed by atoms with E-state index < -0.39 is 46.3 Å². The molecule has 5 atom stereocenters. The maximum Gasteiger partial charge on any atom is 0.327 e. The number of aliphatic hydroxyl groups is 5. The van der Waals surface area contributed by atoms with Gasteiger partial charge in [-0.3, -0.25) is 4.55 Å². The van der Waals surface area contributed by atoms with Crippen LogP contribution in [0, 0.1) is 0 Å². The maximum absolute atomic E-state index is 10.7. The molecule has 0 aromatic rings. The van der Waals surface area contributed by atoms with E-state index >= 15 is 0 Å². The van der Waals surface area contributed by atoms with Crippen LogP contribution in [0.2, 0.25) is 0 Å². The zero-order valence-corrected chi connectivity index (χ0v) is 8.65. The van der Waals surface area contributed by atoms with Gasteiger partial charge in [-0.1, -0.05) is 0 Å². The molecule has 0 aliphatic carbocycles. The minimum atomic E-state index is -5.23. The van der Waals surface area contributed by atoms with E-state index in [1.807, 2.05) is 0 Å². The molecule has 0 bridgehead atoms. The molecule has 1 heterocycles. The van der Waals surface area contributed by atoms with Crippen LogP contribution in [0.15, 0.2) is 0 Å². The Morgan fingerprint density at radius 3 is 2.19 bits per heavy atom. The highest BCUT2D eigenvalue weighted by Gasteiger charge is 2.62. The number of aliphatic hydroxyl groups excluding tert-OH is 4. The summed E-state index contributed by atoms with van der Waals surface area (Å²) in [6.07, 6.45) is -7.81. The minimum absolute atomic E-state index is 0.893. The minimum Gasteiger partial charge on any atom is -0.394 e. The smallest absolute Gasteiger partial charge is 0.327 e. The molecular formula is C6H12O9S. The van der Waals surface area contributed by atoms with Crippen molar-refractivity contribution in [1.29, 1.82) is 0 Å². The molecule has 6 N–H and O–H groups in total. The van der Waals surface area contributed by atoms with Crippen LogP contribution in [0.5, 0.6) is 0 Å². The summed E-state index contributed by atoms with van der Waals surface area (Å²) in [5.41, 5.74) is 0. The highest BCUT2D eigenvalue weighted by molar-refractivity contribution is 7.86. The largest absolute Gasteiger partial charge is 0.394 e. The lowest BCUT2D eigenvalue weighted by Crippen LogP contribution is -2.49.